The normalized spacial score (nSPS) is 10.8. The van der Waals surface area contributed by atoms with Crippen LogP contribution < -0.4 is 5.32 Å². The summed E-state index contributed by atoms with van der Waals surface area (Å²) in [6.07, 6.45) is 1.02. The molecule has 1 aromatic rings. The van der Waals surface area contributed by atoms with Crippen molar-refractivity contribution in [1.82, 2.24) is 5.32 Å². The highest BCUT2D eigenvalue weighted by atomic mass is 16.2. The van der Waals surface area contributed by atoms with Crippen molar-refractivity contribution in [3.05, 3.63) is 35.9 Å². The molecule has 0 fully saturated rings. The van der Waals surface area contributed by atoms with Crippen molar-refractivity contribution < 1.29 is 9.59 Å². The van der Waals surface area contributed by atoms with Gasteiger partial charge in [0, 0.05) is 13.0 Å². The van der Waals surface area contributed by atoms with Gasteiger partial charge in [-0.25, -0.2) is 0 Å². The maximum absolute atomic E-state index is 11.7. The van der Waals surface area contributed by atoms with Crippen molar-refractivity contribution in [2.75, 3.05) is 6.54 Å². The van der Waals surface area contributed by atoms with E-state index in [-0.39, 0.29) is 18.2 Å². The molecule has 1 rings (SSSR count). The van der Waals surface area contributed by atoms with Gasteiger partial charge in [0.15, 0.2) is 0 Å². The largest absolute Gasteiger partial charge is 0.356 e. The van der Waals surface area contributed by atoms with Crippen LogP contribution in [0.5, 0.6) is 0 Å². The van der Waals surface area contributed by atoms with Crippen LogP contribution in [0.2, 0.25) is 0 Å². The van der Waals surface area contributed by atoms with E-state index in [2.05, 4.69) is 5.32 Å². The number of hydrogen-bond donors (Lipinski definition) is 1. The number of carbonyl (C=O) groups is 2. The summed E-state index contributed by atoms with van der Waals surface area (Å²) in [5.74, 6) is -0.445. The standard InChI is InChI=1S/C12H15NO2.C2H6/c1-2-13-12(15)11(8-9-14)10-6-4-3-5-7-10;1-2/h3-7,9,11H,2,8H2,1H3,(H,13,15);1-2H3. The molecule has 1 N–H and O–H groups in total. The minimum absolute atomic E-state index is 0.0872. The molecule has 0 saturated carbocycles. The summed E-state index contributed by atoms with van der Waals surface area (Å²) in [5.41, 5.74) is 0.885. The van der Waals surface area contributed by atoms with E-state index in [1.807, 2.05) is 51.1 Å². The van der Waals surface area contributed by atoms with Crippen LogP contribution in [0, 0.1) is 0 Å². The quantitative estimate of drug-likeness (QED) is 0.797. The first-order valence-electron chi connectivity index (χ1n) is 6.06. The molecule has 1 amide bonds. The van der Waals surface area contributed by atoms with E-state index in [0.29, 0.717) is 6.54 Å². The van der Waals surface area contributed by atoms with Crippen LogP contribution in [0.15, 0.2) is 30.3 Å². The highest BCUT2D eigenvalue weighted by Crippen LogP contribution is 2.18. The van der Waals surface area contributed by atoms with E-state index in [4.69, 9.17) is 0 Å². The first kappa shape index (κ1) is 15.4. The van der Waals surface area contributed by atoms with E-state index in [1.54, 1.807) is 0 Å². The molecule has 1 atom stereocenters. The molecule has 94 valence electrons. The van der Waals surface area contributed by atoms with Gasteiger partial charge in [-0.2, -0.15) is 0 Å². The molecule has 0 aliphatic carbocycles. The van der Waals surface area contributed by atoms with E-state index >= 15 is 0 Å². The minimum atomic E-state index is -0.358. The highest BCUT2D eigenvalue weighted by Gasteiger charge is 2.18. The lowest BCUT2D eigenvalue weighted by Gasteiger charge is -2.13. The van der Waals surface area contributed by atoms with Crippen LogP contribution >= 0.6 is 0 Å². The Morgan fingerprint density at radius 2 is 1.88 bits per heavy atom. The second kappa shape index (κ2) is 9.58. The first-order chi connectivity index (χ1) is 8.29. The van der Waals surface area contributed by atoms with Gasteiger partial charge in [-0.15, -0.1) is 0 Å². The van der Waals surface area contributed by atoms with E-state index in [1.165, 1.54) is 0 Å². The van der Waals surface area contributed by atoms with Gasteiger partial charge in [-0.3, -0.25) is 4.79 Å². The second-order valence-electron chi connectivity index (χ2n) is 3.26. The van der Waals surface area contributed by atoms with Gasteiger partial charge in [0.25, 0.3) is 0 Å². The number of rotatable bonds is 5. The predicted octanol–water partition coefficient (Wildman–Crippen LogP) is 2.52. The van der Waals surface area contributed by atoms with Crippen LogP contribution in [0.1, 0.15) is 38.7 Å². The number of hydrogen-bond acceptors (Lipinski definition) is 2. The zero-order valence-electron chi connectivity index (χ0n) is 10.8. The molecule has 1 unspecified atom stereocenters. The van der Waals surface area contributed by atoms with Crippen LogP contribution in [-0.4, -0.2) is 18.7 Å². The summed E-state index contributed by atoms with van der Waals surface area (Å²) in [6.45, 7) is 6.45. The van der Waals surface area contributed by atoms with Gasteiger partial charge >= 0.3 is 0 Å². The Bertz CT molecular complexity index is 322. The predicted molar refractivity (Wildman–Crippen MR) is 69.9 cm³/mol. The summed E-state index contributed by atoms with van der Waals surface area (Å²) >= 11 is 0. The number of nitrogens with one attached hydrogen (secondary N) is 1. The van der Waals surface area contributed by atoms with Crippen molar-refractivity contribution in [3.8, 4) is 0 Å². The van der Waals surface area contributed by atoms with Gasteiger partial charge in [-0.05, 0) is 12.5 Å². The Labute approximate surface area is 103 Å². The third-order valence-corrected chi connectivity index (χ3v) is 2.20. The molecule has 0 heterocycles. The van der Waals surface area contributed by atoms with Crippen LogP contribution in [-0.2, 0) is 9.59 Å². The fraction of sp³-hybridized carbons (Fsp3) is 0.429. The Balaban J connectivity index is 0.00000121. The number of amides is 1. The molecule has 17 heavy (non-hydrogen) atoms. The van der Waals surface area contributed by atoms with Gasteiger partial charge in [0.05, 0.1) is 5.92 Å². The lowest BCUT2D eigenvalue weighted by molar-refractivity contribution is -0.124. The van der Waals surface area contributed by atoms with Gasteiger partial charge in [0.1, 0.15) is 6.29 Å². The van der Waals surface area contributed by atoms with E-state index in [0.717, 1.165) is 11.8 Å². The summed E-state index contributed by atoms with van der Waals surface area (Å²) in [5, 5.41) is 2.73. The van der Waals surface area contributed by atoms with Crippen LogP contribution in [0.3, 0.4) is 0 Å². The molecule has 0 bridgehead atoms. The molecule has 1 aromatic carbocycles. The van der Waals surface area contributed by atoms with Crippen molar-refractivity contribution in [2.24, 2.45) is 0 Å². The number of aldehydes is 1. The van der Waals surface area contributed by atoms with Crippen molar-refractivity contribution in [1.29, 1.82) is 0 Å². The maximum atomic E-state index is 11.7. The van der Waals surface area contributed by atoms with Gasteiger partial charge in [0.2, 0.25) is 5.91 Å². The second-order valence-corrected chi connectivity index (χ2v) is 3.26. The molecular weight excluding hydrogens is 214 g/mol. The molecule has 0 aliphatic heterocycles. The molecule has 0 aromatic heterocycles. The smallest absolute Gasteiger partial charge is 0.227 e. The molecule has 0 spiro atoms. The SMILES string of the molecule is CC.CCNC(=O)C(CC=O)c1ccccc1. The Morgan fingerprint density at radius 3 is 2.35 bits per heavy atom. The molecule has 0 saturated heterocycles. The summed E-state index contributed by atoms with van der Waals surface area (Å²) in [6, 6.07) is 9.35. The number of likely N-dealkylation sites (N-methyl/N-ethyl adjacent to an activating group) is 1. The number of carbonyl (C=O) groups excluding carboxylic acids is 2. The molecule has 3 nitrogen and oxygen atoms in total. The summed E-state index contributed by atoms with van der Waals surface area (Å²) < 4.78 is 0. The fourth-order valence-corrected chi connectivity index (χ4v) is 1.47. The molecular formula is C14H21NO2. The highest BCUT2D eigenvalue weighted by molar-refractivity contribution is 5.85. The summed E-state index contributed by atoms with van der Waals surface area (Å²) in [4.78, 5) is 22.2. The lowest BCUT2D eigenvalue weighted by Crippen LogP contribution is -2.29. The van der Waals surface area contributed by atoms with E-state index in [9.17, 15) is 9.59 Å². The topological polar surface area (TPSA) is 46.2 Å². The lowest BCUT2D eigenvalue weighted by atomic mass is 9.95. The summed E-state index contributed by atoms with van der Waals surface area (Å²) in [7, 11) is 0. The van der Waals surface area contributed by atoms with Crippen LogP contribution in [0.4, 0.5) is 0 Å². The Morgan fingerprint density at radius 1 is 1.29 bits per heavy atom. The zero-order chi connectivity index (χ0) is 13.1. The van der Waals surface area contributed by atoms with Crippen molar-refractivity contribution in [3.63, 3.8) is 0 Å². The molecule has 3 heteroatoms. The molecule has 0 aliphatic rings. The van der Waals surface area contributed by atoms with Gasteiger partial charge < -0.3 is 10.1 Å². The zero-order valence-corrected chi connectivity index (χ0v) is 10.8. The van der Waals surface area contributed by atoms with Crippen LogP contribution in [0.25, 0.3) is 0 Å². The first-order valence-corrected chi connectivity index (χ1v) is 6.06. The maximum Gasteiger partial charge on any atom is 0.227 e. The van der Waals surface area contributed by atoms with Crippen molar-refractivity contribution in [2.45, 2.75) is 33.1 Å². The Kier molecular flexibility index (Phi) is 8.65. The average molecular weight is 235 g/mol. The minimum Gasteiger partial charge on any atom is -0.356 e. The van der Waals surface area contributed by atoms with E-state index < -0.39 is 0 Å². The average Bonchev–Trinajstić information content (AvgIpc) is 2.39. The monoisotopic (exact) mass is 235 g/mol. The third kappa shape index (κ3) is 5.29. The third-order valence-electron chi connectivity index (χ3n) is 2.20. The fourth-order valence-electron chi connectivity index (χ4n) is 1.47. The Hall–Kier alpha value is -1.64. The van der Waals surface area contributed by atoms with Gasteiger partial charge in [-0.1, -0.05) is 44.2 Å². The molecule has 0 radical (unpaired) electrons. The van der Waals surface area contributed by atoms with Crippen molar-refractivity contribution >= 4 is 12.2 Å². The number of benzene rings is 1.